The highest BCUT2D eigenvalue weighted by molar-refractivity contribution is 9.10. The van der Waals surface area contributed by atoms with Crippen LogP contribution in [0.4, 0.5) is 24.5 Å². The van der Waals surface area contributed by atoms with E-state index in [4.69, 9.17) is 4.74 Å². The maximum Gasteiger partial charge on any atom is 0.262 e. The lowest BCUT2D eigenvalue weighted by Crippen LogP contribution is -2.64. The number of nitrogens with zero attached hydrogens (tertiary/aromatic N) is 2. The maximum absolute atomic E-state index is 14.6. The van der Waals surface area contributed by atoms with Gasteiger partial charge in [-0.2, -0.15) is 0 Å². The zero-order valence-corrected chi connectivity index (χ0v) is 20.5. The third-order valence-corrected chi connectivity index (χ3v) is 7.17. The van der Waals surface area contributed by atoms with E-state index in [1.54, 1.807) is 29.2 Å². The summed E-state index contributed by atoms with van der Waals surface area (Å²) in [6, 6.07) is 13.8. The van der Waals surface area contributed by atoms with Gasteiger partial charge in [-0.3, -0.25) is 14.6 Å². The molecule has 0 saturated carbocycles. The van der Waals surface area contributed by atoms with E-state index in [1.165, 1.54) is 25.3 Å². The Kier molecular flexibility index (Phi) is 6.23. The molecule has 5 nitrogen and oxygen atoms in total. The standard InChI is InChI=1S/C26H23BrF3N3O2/c1-35-24-7-4-18(14-22(24)30)33-25(34)19-5-3-17(27)13-23(19)31-26(33)8-10-32(11-9-26)15-16-2-6-20(28)21(29)12-16/h2-7,12-14,31H,8-11,15H2,1H3. The van der Waals surface area contributed by atoms with Crippen molar-refractivity contribution in [3.63, 3.8) is 0 Å². The summed E-state index contributed by atoms with van der Waals surface area (Å²) in [5, 5.41) is 3.57. The van der Waals surface area contributed by atoms with Gasteiger partial charge in [0, 0.05) is 54.4 Å². The number of amides is 1. The molecule has 0 aliphatic carbocycles. The molecular formula is C26H23BrF3N3O2. The first-order valence-electron chi connectivity index (χ1n) is 11.2. The van der Waals surface area contributed by atoms with Crippen molar-refractivity contribution in [2.24, 2.45) is 0 Å². The van der Waals surface area contributed by atoms with Crippen LogP contribution in [0.2, 0.25) is 0 Å². The van der Waals surface area contributed by atoms with Crippen LogP contribution in [-0.4, -0.2) is 36.7 Å². The highest BCUT2D eigenvalue weighted by Gasteiger charge is 2.47. The predicted molar refractivity (Wildman–Crippen MR) is 131 cm³/mol. The highest BCUT2D eigenvalue weighted by atomic mass is 79.9. The van der Waals surface area contributed by atoms with Crippen molar-refractivity contribution in [3.8, 4) is 5.75 Å². The monoisotopic (exact) mass is 545 g/mol. The lowest BCUT2D eigenvalue weighted by molar-refractivity contribution is 0.0904. The summed E-state index contributed by atoms with van der Waals surface area (Å²) < 4.78 is 47.5. The lowest BCUT2D eigenvalue weighted by Gasteiger charge is -2.52. The molecule has 3 aromatic carbocycles. The lowest BCUT2D eigenvalue weighted by atomic mass is 9.89. The summed E-state index contributed by atoms with van der Waals surface area (Å²) in [6.45, 7) is 1.65. The van der Waals surface area contributed by atoms with E-state index in [-0.39, 0.29) is 11.7 Å². The van der Waals surface area contributed by atoms with Crippen molar-refractivity contribution in [1.29, 1.82) is 0 Å². The van der Waals surface area contributed by atoms with Gasteiger partial charge in [-0.05, 0) is 48.0 Å². The predicted octanol–water partition coefficient (Wildman–Crippen LogP) is 5.94. The van der Waals surface area contributed by atoms with Gasteiger partial charge < -0.3 is 10.1 Å². The quantitative estimate of drug-likeness (QED) is 0.440. The molecule has 1 amide bonds. The number of carbonyl (C=O) groups is 1. The third kappa shape index (κ3) is 4.38. The fourth-order valence-corrected chi connectivity index (χ4v) is 5.27. The molecular weight excluding hydrogens is 523 g/mol. The number of halogens is 4. The molecule has 0 bridgehead atoms. The molecule has 35 heavy (non-hydrogen) atoms. The fourth-order valence-electron chi connectivity index (χ4n) is 4.91. The van der Waals surface area contributed by atoms with E-state index < -0.39 is 23.1 Å². The zero-order chi connectivity index (χ0) is 24.7. The van der Waals surface area contributed by atoms with Gasteiger partial charge in [-0.1, -0.05) is 22.0 Å². The van der Waals surface area contributed by atoms with Gasteiger partial charge in [0.25, 0.3) is 5.91 Å². The van der Waals surface area contributed by atoms with Crippen LogP contribution in [0.1, 0.15) is 28.8 Å². The summed E-state index contributed by atoms with van der Waals surface area (Å²) in [6.07, 6.45) is 1.09. The number of hydrogen-bond donors (Lipinski definition) is 1. The number of hydrogen-bond acceptors (Lipinski definition) is 4. The third-order valence-electron chi connectivity index (χ3n) is 6.68. The van der Waals surface area contributed by atoms with Gasteiger partial charge in [0.2, 0.25) is 0 Å². The molecule has 3 aromatic rings. The first kappa shape index (κ1) is 23.7. The second kappa shape index (κ2) is 9.20. The van der Waals surface area contributed by atoms with Crippen LogP contribution >= 0.6 is 15.9 Å². The normalized spacial score (nSPS) is 17.3. The number of methoxy groups -OCH3 is 1. The van der Waals surface area contributed by atoms with E-state index in [9.17, 15) is 18.0 Å². The van der Waals surface area contributed by atoms with Gasteiger partial charge in [0.1, 0.15) is 5.66 Å². The molecule has 1 N–H and O–H groups in total. The summed E-state index contributed by atoms with van der Waals surface area (Å²) in [5.41, 5.74) is 1.54. The zero-order valence-electron chi connectivity index (χ0n) is 19.0. The summed E-state index contributed by atoms with van der Waals surface area (Å²) in [5.74, 6) is -2.41. The van der Waals surface area contributed by atoms with Crippen LogP contribution in [0, 0.1) is 17.5 Å². The Morgan fingerprint density at radius 1 is 0.971 bits per heavy atom. The Morgan fingerprint density at radius 3 is 2.43 bits per heavy atom. The molecule has 182 valence electrons. The smallest absolute Gasteiger partial charge is 0.262 e. The SMILES string of the molecule is COc1ccc(N2C(=O)c3ccc(Br)cc3NC23CCN(Cc2ccc(F)c(F)c2)CC3)cc1F. The number of piperidine rings is 1. The van der Waals surface area contributed by atoms with Gasteiger partial charge in [0.15, 0.2) is 23.2 Å². The van der Waals surface area contributed by atoms with Crippen molar-refractivity contribution in [3.05, 3.63) is 87.6 Å². The van der Waals surface area contributed by atoms with Crippen LogP contribution < -0.4 is 15.0 Å². The topological polar surface area (TPSA) is 44.8 Å². The van der Waals surface area contributed by atoms with E-state index in [2.05, 4.69) is 26.1 Å². The van der Waals surface area contributed by atoms with E-state index in [0.717, 1.165) is 10.5 Å². The van der Waals surface area contributed by atoms with Gasteiger partial charge in [-0.25, -0.2) is 13.2 Å². The van der Waals surface area contributed by atoms with Crippen LogP contribution in [-0.2, 0) is 6.54 Å². The average Bonchev–Trinajstić information content (AvgIpc) is 2.83. The Labute approximate surface area is 209 Å². The molecule has 2 heterocycles. The Morgan fingerprint density at radius 2 is 1.74 bits per heavy atom. The molecule has 0 radical (unpaired) electrons. The minimum absolute atomic E-state index is 0.103. The van der Waals surface area contributed by atoms with Crippen LogP contribution in [0.15, 0.2) is 59.1 Å². The summed E-state index contributed by atoms with van der Waals surface area (Å²) in [4.78, 5) is 17.5. The molecule has 9 heteroatoms. The largest absolute Gasteiger partial charge is 0.494 e. The van der Waals surface area contributed by atoms with Crippen molar-refractivity contribution in [2.75, 3.05) is 30.4 Å². The average molecular weight is 546 g/mol. The van der Waals surface area contributed by atoms with Gasteiger partial charge in [-0.15, -0.1) is 0 Å². The molecule has 0 unspecified atom stereocenters. The van der Waals surface area contributed by atoms with Crippen molar-refractivity contribution >= 4 is 33.2 Å². The molecule has 1 spiro atoms. The first-order chi connectivity index (χ1) is 16.8. The number of anilines is 2. The molecule has 2 aliphatic heterocycles. The highest BCUT2D eigenvalue weighted by Crippen LogP contribution is 2.42. The molecule has 1 fully saturated rings. The Balaban J connectivity index is 1.47. The molecule has 2 aliphatic rings. The van der Waals surface area contributed by atoms with Crippen molar-refractivity contribution in [1.82, 2.24) is 4.90 Å². The first-order valence-corrected chi connectivity index (χ1v) is 12.0. The van der Waals surface area contributed by atoms with E-state index >= 15 is 0 Å². The molecule has 0 atom stereocenters. The van der Waals surface area contributed by atoms with E-state index in [0.29, 0.717) is 55.0 Å². The molecule has 0 aromatic heterocycles. The fraction of sp³-hybridized carbons (Fsp3) is 0.269. The van der Waals surface area contributed by atoms with Crippen molar-refractivity contribution in [2.45, 2.75) is 25.0 Å². The number of nitrogens with one attached hydrogen (secondary N) is 1. The second-order valence-electron chi connectivity index (χ2n) is 8.83. The van der Waals surface area contributed by atoms with Crippen LogP contribution in [0.25, 0.3) is 0 Å². The van der Waals surface area contributed by atoms with Crippen molar-refractivity contribution < 1.29 is 22.7 Å². The number of carbonyl (C=O) groups excluding carboxylic acids is 1. The van der Waals surface area contributed by atoms with Crippen LogP contribution in [0.3, 0.4) is 0 Å². The maximum atomic E-state index is 14.6. The molecule has 5 rings (SSSR count). The summed E-state index contributed by atoms with van der Waals surface area (Å²) in [7, 11) is 1.39. The number of likely N-dealkylation sites (tertiary alicyclic amines) is 1. The van der Waals surface area contributed by atoms with Gasteiger partial charge >= 0.3 is 0 Å². The Bertz CT molecular complexity index is 1290. The van der Waals surface area contributed by atoms with E-state index in [1.807, 2.05) is 6.07 Å². The van der Waals surface area contributed by atoms with Crippen LogP contribution in [0.5, 0.6) is 5.75 Å². The minimum atomic E-state index is -0.872. The second-order valence-corrected chi connectivity index (χ2v) is 9.75. The Hall–Kier alpha value is -3.04. The minimum Gasteiger partial charge on any atom is -0.494 e. The molecule has 1 saturated heterocycles. The number of benzene rings is 3. The number of ether oxygens (including phenoxy) is 1. The number of rotatable bonds is 4. The number of fused-ring (bicyclic) bond motifs is 1. The van der Waals surface area contributed by atoms with Gasteiger partial charge in [0.05, 0.1) is 12.7 Å². The summed E-state index contributed by atoms with van der Waals surface area (Å²) >= 11 is 3.47.